The molecule has 4 heteroatoms. The molecule has 0 aliphatic rings. The Morgan fingerprint density at radius 3 is 2.50 bits per heavy atom. The van der Waals surface area contributed by atoms with Crippen LogP contribution >= 0.6 is 24.4 Å². The zero-order valence-electron chi connectivity index (χ0n) is 7.80. The Bertz CT molecular complexity index is 308. The number of carboxylic acids is 1. The van der Waals surface area contributed by atoms with Gasteiger partial charge in [0.05, 0.1) is 0 Å². The van der Waals surface area contributed by atoms with Gasteiger partial charge in [0.2, 0.25) is 0 Å². The molecule has 0 fully saturated rings. The van der Waals surface area contributed by atoms with Gasteiger partial charge >= 0.3 is 5.97 Å². The van der Waals surface area contributed by atoms with Crippen LogP contribution in [0.5, 0.6) is 0 Å². The fourth-order valence-corrected chi connectivity index (χ4v) is 1.69. The lowest BCUT2D eigenvalue weighted by molar-refractivity contribution is -0.136. The lowest BCUT2D eigenvalue weighted by atomic mass is 10.1. The maximum absolute atomic E-state index is 10.5. The maximum Gasteiger partial charge on any atom is 0.316 e. The number of carbonyl (C=O) groups is 1. The molecule has 1 aromatic carbocycles. The van der Waals surface area contributed by atoms with E-state index in [4.69, 9.17) is 5.11 Å². The van der Waals surface area contributed by atoms with Crippen LogP contribution in [0.25, 0.3) is 0 Å². The first kappa shape index (κ1) is 11.5. The molecule has 1 atom stereocenters. The van der Waals surface area contributed by atoms with Gasteiger partial charge in [-0.3, -0.25) is 4.79 Å². The minimum absolute atomic E-state index is 0.465. The van der Waals surface area contributed by atoms with Crippen LogP contribution in [-0.2, 0) is 11.2 Å². The second kappa shape index (κ2) is 5.32. The molecular formula is C10H12O2S2. The highest BCUT2D eigenvalue weighted by Crippen LogP contribution is 2.16. The van der Waals surface area contributed by atoms with Crippen molar-refractivity contribution in [1.82, 2.24) is 0 Å². The minimum Gasteiger partial charge on any atom is -0.480 e. The van der Waals surface area contributed by atoms with E-state index in [1.165, 1.54) is 4.90 Å². The Balaban J connectivity index is 2.64. The second-order valence-corrected chi connectivity index (χ2v) is 4.41. The normalized spacial score (nSPS) is 12.4. The molecule has 1 N–H and O–H groups in total. The van der Waals surface area contributed by atoms with E-state index >= 15 is 0 Å². The first-order valence-corrected chi connectivity index (χ1v) is 5.91. The Hall–Kier alpha value is -0.610. The van der Waals surface area contributed by atoms with Gasteiger partial charge in [0, 0.05) is 4.90 Å². The summed E-state index contributed by atoms with van der Waals surface area (Å²) in [5.41, 5.74) is 1.00. The van der Waals surface area contributed by atoms with Crippen molar-refractivity contribution >= 4 is 30.4 Å². The van der Waals surface area contributed by atoms with Crippen molar-refractivity contribution in [1.29, 1.82) is 0 Å². The number of carboxylic acid groups (broad SMARTS) is 1. The summed E-state index contributed by atoms with van der Waals surface area (Å²) in [5.74, 6) is -0.873. The van der Waals surface area contributed by atoms with E-state index in [0.29, 0.717) is 6.42 Å². The topological polar surface area (TPSA) is 37.3 Å². The monoisotopic (exact) mass is 228 g/mol. The highest BCUT2D eigenvalue weighted by Gasteiger charge is 2.12. The van der Waals surface area contributed by atoms with Gasteiger partial charge < -0.3 is 5.11 Å². The van der Waals surface area contributed by atoms with E-state index < -0.39 is 11.2 Å². The summed E-state index contributed by atoms with van der Waals surface area (Å²) in [4.78, 5) is 11.7. The van der Waals surface area contributed by atoms with Gasteiger partial charge in [0.25, 0.3) is 0 Å². The van der Waals surface area contributed by atoms with Crippen molar-refractivity contribution < 1.29 is 9.90 Å². The molecule has 76 valence electrons. The third-order valence-corrected chi connectivity index (χ3v) is 3.02. The van der Waals surface area contributed by atoms with E-state index in [0.717, 1.165) is 5.56 Å². The first-order chi connectivity index (χ1) is 6.63. The summed E-state index contributed by atoms with van der Waals surface area (Å²) in [6.45, 7) is 0. The molecule has 2 nitrogen and oxygen atoms in total. The van der Waals surface area contributed by atoms with Gasteiger partial charge in [-0.25, -0.2) is 0 Å². The molecule has 0 aliphatic carbocycles. The van der Waals surface area contributed by atoms with E-state index in [9.17, 15) is 4.79 Å². The first-order valence-electron chi connectivity index (χ1n) is 4.17. The van der Waals surface area contributed by atoms with Crippen molar-refractivity contribution in [2.45, 2.75) is 16.6 Å². The van der Waals surface area contributed by atoms with Crippen LogP contribution in [0.4, 0.5) is 0 Å². The molecule has 1 aromatic rings. The number of rotatable bonds is 4. The number of benzene rings is 1. The quantitative estimate of drug-likeness (QED) is 0.613. The largest absolute Gasteiger partial charge is 0.480 e. The van der Waals surface area contributed by atoms with Crippen molar-refractivity contribution in [2.75, 3.05) is 6.26 Å². The van der Waals surface area contributed by atoms with Crippen molar-refractivity contribution in [3.05, 3.63) is 29.8 Å². The lowest BCUT2D eigenvalue weighted by Gasteiger charge is -2.05. The summed E-state index contributed by atoms with van der Waals surface area (Å²) in [5, 5.41) is 8.05. The predicted molar refractivity (Wildman–Crippen MR) is 62.3 cm³/mol. The van der Waals surface area contributed by atoms with Gasteiger partial charge in [0.15, 0.2) is 0 Å². The molecule has 1 rings (SSSR count). The second-order valence-electron chi connectivity index (χ2n) is 2.91. The van der Waals surface area contributed by atoms with Crippen LogP contribution in [0.2, 0.25) is 0 Å². The van der Waals surface area contributed by atoms with E-state index in [-0.39, 0.29) is 0 Å². The summed E-state index contributed by atoms with van der Waals surface area (Å²) in [6.07, 6.45) is 2.47. The van der Waals surface area contributed by atoms with Crippen LogP contribution in [0.1, 0.15) is 5.56 Å². The summed E-state index contributed by atoms with van der Waals surface area (Å²) >= 11 is 5.65. The van der Waals surface area contributed by atoms with Gasteiger partial charge in [0.1, 0.15) is 5.25 Å². The third kappa shape index (κ3) is 3.27. The Morgan fingerprint density at radius 2 is 2.07 bits per heavy atom. The molecule has 1 unspecified atom stereocenters. The predicted octanol–water partition coefficient (Wildman–Crippen LogP) is 2.33. The lowest BCUT2D eigenvalue weighted by Crippen LogP contribution is -2.15. The summed E-state index contributed by atoms with van der Waals surface area (Å²) in [6, 6.07) is 7.86. The summed E-state index contributed by atoms with van der Waals surface area (Å²) in [7, 11) is 0. The molecule has 0 bridgehead atoms. The molecule has 0 heterocycles. The fourth-order valence-electron chi connectivity index (χ4n) is 1.07. The smallest absolute Gasteiger partial charge is 0.316 e. The van der Waals surface area contributed by atoms with Crippen LogP contribution in [-0.4, -0.2) is 22.6 Å². The van der Waals surface area contributed by atoms with Crippen molar-refractivity contribution in [2.24, 2.45) is 0 Å². The average Bonchev–Trinajstić information content (AvgIpc) is 2.19. The number of thioether (sulfide) groups is 1. The van der Waals surface area contributed by atoms with Crippen LogP contribution in [0.15, 0.2) is 29.2 Å². The van der Waals surface area contributed by atoms with Crippen LogP contribution in [0.3, 0.4) is 0 Å². The van der Waals surface area contributed by atoms with Crippen LogP contribution < -0.4 is 0 Å². The molecule has 14 heavy (non-hydrogen) atoms. The fraction of sp³-hybridized carbons (Fsp3) is 0.300. The molecule has 0 aromatic heterocycles. The zero-order valence-corrected chi connectivity index (χ0v) is 9.52. The molecule has 0 radical (unpaired) electrons. The Labute approximate surface area is 93.1 Å². The van der Waals surface area contributed by atoms with Crippen LogP contribution in [0, 0.1) is 0 Å². The minimum atomic E-state index is -0.873. The Kier molecular flexibility index (Phi) is 4.35. The highest BCUT2D eigenvalue weighted by molar-refractivity contribution is 7.98. The zero-order chi connectivity index (χ0) is 10.6. The molecular weight excluding hydrogens is 216 g/mol. The molecule has 0 saturated carbocycles. The van der Waals surface area contributed by atoms with Gasteiger partial charge in [-0.2, -0.15) is 12.6 Å². The van der Waals surface area contributed by atoms with E-state index in [2.05, 4.69) is 12.6 Å². The number of thiol groups is 1. The number of hydrogen-bond acceptors (Lipinski definition) is 3. The van der Waals surface area contributed by atoms with E-state index in [1.807, 2.05) is 30.5 Å². The SMILES string of the molecule is CSc1ccc(CC(S)C(=O)O)cc1. The van der Waals surface area contributed by atoms with E-state index in [1.54, 1.807) is 11.8 Å². The number of aliphatic carboxylic acids is 1. The standard InChI is InChI=1S/C10H12O2S2/c1-14-8-4-2-7(3-5-8)6-9(13)10(11)12/h2-5,9,13H,6H2,1H3,(H,11,12). The molecule has 0 amide bonds. The number of hydrogen-bond donors (Lipinski definition) is 2. The van der Waals surface area contributed by atoms with Gasteiger partial charge in [-0.1, -0.05) is 12.1 Å². The molecule has 0 saturated heterocycles. The molecule has 0 spiro atoms. The third-order valence-electron chi connectivity index (χ3n) is 1.87. The maximum atomic E-state index is 10.5. The van der Waals surface area contributed by atoms with Crippen molar-refractivity contribution in [3.8, 4) is 0 Å². The average molecular weight is 228 g/mol. The highest BCUT2D eigenvalue weighted by atomic mass is 32.2. The van der Waals surface area contributed by atoms with Gasteiger partial charge in [-0.15, -0.1) is 11.8 Å². The van der Waals surface area contributed by atoms with Crippen molar-refractivity contribution in [3.63, 3.8) is 0 Å². The van der Waals surface area contributed by atoms with Gasteiger partial charge in [-0.05, 0) is 30.4 Å². The Morgan fingerprint density at radius 1 is 1.50 bits per heavy atom. The summed E-state index contributed by atoms with van der Waals surface area (Å²) < 4.78 is 0. The molecule has 0 aliphatic heterocycles.